The summed E-state index contributed by atoms with van der Waals surface area (Å²) in [6.45, 7) is 5.50. The van der Waals surface area contributed by atoms with E-state index in [0.29, 0.717) is 25.5 Å². The third-order valence-electron chi connectivity index (χ3n) is 6.75. The first kappa shape index (κ1) is 24.9. The molecule has 6 nitrogen and oxygen atoms in total. The number of nitrogens with two attached hydrogens (primary N) is 1. The zero-order valence-corrected chi connectivity index (χ0v) is 21.2. The van der Waals surface area contributed by atoms with Crippen molar-refractivity contribution in [3.05, 3.63) is 64.1 Å². The molecule has 34 heavy (non-hydrogen) atoms. The van der Waals surface area contributed by atoms with Crippen molar-refractivity contribution in [2.24, 2.45) is 11.7 Å². The molecular weight excluding hydrogens is 494 g/mol. The molecule has 182 valence electrons. The molecule has 2 fully saturated rings. The van der Waals surface area contributed by atoms with E-state index in [9.17, 15) is 9.59 Å². The standard InChI is InChI=1S/C27H34BrN3O3/c28-22-7-3-20(4-8-22)24-19-25(24)27(33)21-5-9-23(10-6-21)34-18-2-14-30-13-1-15-31(17-16-30)26(32)11-12-29/h3-10,24-25H,1-2,11-19,29H2/t24-,25+/m0/s1. The maximum absolute atomic E-state index is 12.8. The van der Waals surface area contributed by atoms with Gasteiger partial charge in [-0.15, -0.1) is 0 Å². The van der Waals surface area contributed by atoms with Crippen LogP contribution in [0.15, 0.2) is 53.0 Å². The molecule has 0 spiro atoms. The summed E-state index contributed by atoms with van der Waals surface area (Å²) in [6.07, 6.45) is 3.28. The fraction of sp³-hybridized carbons (Fsp3) is 0.481. The van der Waals surface area contributed by atoms with Crippen molar-refractivity contribution in [1.82, 2.24) is 9.80 Å². The van der Waals surface area contributed by atoms with Crippen molar-refractivity contribution in [1.29, 1.82) is 0 Å². The van der Waals surface area contributed by atoms with E-state index in [2.05, 4.69) is 33.0 Å². The van der Waals surface area contributed by atoms with Gasteiger partial charge in [0.15, 0.2) is 5.78 Å². The van der Waals surface area contributed by atoms with Crippen LogP contribution in [0.1, 0.15) is 47.5 Å². The molecule has 1 heterocycles. The molecule has 1 aliphatic carbocycles. The van der Waals surface area contributed by atoms with Gasteiger partial charge >= 0.3 is 0 Å². The molecule has 4 rings (SSSR count). The Bertz CT molecular complexity index is 964. The van der Waals surface area contributed by atoms with E-state index in [1.165, 1.54) is 5.56 Å². The van der Waals surface area contributed by atoms with E-state index < -0.39 is 0 Å². The molecule has 0 radical (unpaired) electrons. The summed E-state index contributed by atoms with van der Waals surface area (Å²) < 4.78 is 6.97. The second kappa shape index (κ2) is 12.0. The number of carbonyl (C=O) groups is 2. The number of benzene rings is 2. The molecule has 2 atom stereocenters. The van der Waals surface area contributed by atoms with Gasteiger partial charge in [0.25, 0.3) is 0 Å². The summed E-state index contributed by atoms with van der Waals surface area (Å²) in [5.41, 5.74) is 7.51. The molecular formula is C27H34BrN3O3. The topological polar surface area (TPSA) is 75.9 Å². The number of ether oxygens (including phenoxy) is 1. The van der Waals surface area contributed by atoms with E-state index in [1.54, 1.807) is 0 Å². The Morgan fingerprint density at radius 2 is 1.76 bits per heavy atom. The number of carbonyl (C=O) groups excluding carboxylic acids is 2. The molecule has 1 saturated carbocycles. The van der Waals surface area contributed by atoms with Crippen LogP contribution < -0.4 is 10.5 Å². The van der Waals surface area contributed by atoms with Gasteiger partial charge in [0.05, 0.1) is 6.61 Å². The van der Waals surface area contributed by atoms with Crippen molar-refractivity contribution in [2.45, 2.75) is 31.6 Å². The monoisotopic (exact) mass is 527 g/mol. The first-order valence-electron chi connectivity index (χ1n) is 12.3. The van der Waals surface area contributed by atoms with Crippen LogP contribution in [0.5, 0.6) is 5.75 Å². The molecule has 2 N–H and O–H groups in total. The average Bonchev–Trinajstić information content (AvgIpc) is 3.67. The number of nitrogens with zero attached hydrogens (tertiary/aromatic N) is 2. The summed E-state index contributed by atoms with van der Waals surface area (Å²) in [5.74, 6) is 1.61. The predicted molar refractivity (Wildman–Crippen MR) is 137 cm³/mol. The molecule has 1 aliphatic heterocycles. The summed E-state index contributed by atoms with van der Waals surface area (Å²) in [6, 6.07) is 15.8. The normalized spacial score (nSPS) is 20.6. The fourth-order valence-corrected chi connectivity index (χ4v) is 4.96. The summed E-state index contributed by atoms with van der Waals surface area (Å²) in [5, 5.41) is 0. The van der Waals surface area contributed by atoms with Gasteiger partial charge < -0.3 is 20.3 Å². The van der Waals surface area contributed by atoms with Crippen LogP contribution in [0.25, 0.3) is 0 Å². The van der Waals surface area contributed by atoms with Crippen LogP contribution in [0.3, 0.4) is 0 Å². The van der Waals surface area contributed by atoms with Gasteiger partial charge in [-0.1, -0.05) is 28.1 Å². The number of rotatable bonds is 10. The quantitative estimate of drug-likeness (QED) is 0.372. The third kappa shape index (κ3) is 6.68. The summed E-state index contributed by atoms with van der Waals surface area (Å²) in [4.78, 5) is 29.2. The number of hydrogen-bond donors (Lipinski definition) is 1. The fourth-order valence-electron chi connectivity index (χ4n) is 4.70. The lowest BCUT2D eigenvalue weighted by atomic mass is 10.0. The molecule has 0 unspecified atom stereocenters. The number of Topliss-reactive ketones (excluding diaryl/α,β-unsaturated/α-hetero) is 1. The summed E-state index contributed by atoms with van der Waals surface area (Å²) >= 11 is 3.46. The van der Waals surface area contributed by atoms with Crippen LogP contribution in [0.4, 0.5) is 0 Å². The lowest BCUT2D eigenvalue weighted by Crippen LogP contribution is -2.36. The van der Waals surface area contributed by atoms with E-state index in [4.69, 9.17) is 10.5 Å². The lowest BCUT2D eigenvalue weighted by Gasteiger charge is -2.22. The molecule has 0 aromatic heterocycles. The van der Waals surface area contributed by atoms with Gasteiger partial charge in [0, 0.05) is 55.1 Å². The molecule has 2 aromatic carbocycles. The molecule has 1 saturated heterocycles. The van der Waals surface area contributed by atoms with Crippen molar-refractivity contribution in [3.63, 3.8) is 0 Å². The highest BCUT2D eigenvalue weighted by molar-refractivity contribution is 9.10. The highest BCUT2D eigenvalue weighted by Crippen LogP contribution is 2.49. The van der Waals surface area contributed by atoms with E-state index in [-0.39, 0.29) is 17.6 Å². The Balaban J connectivity index is 1.17. The molecule has 1 amide bonds. The predicted octanol–water partition coefficient (Wildman–Crippen LogP) is 4.09. The van der Waals surface area contributed by atoms with Crippen LogP contribution >= 0.6 is 15.9 Å². The number of halogens is 1. The van der Waals surface area contributed by atoms with Crippen molar-refractivity contribution in [2.75, 3.05) is 45.9 Å². The summed E-state index contributed by atoms with van der Waals surface area (Å²) in [7, 11) is 0. The van der Waals surface area contributed by atoms with Crippen LogP contribution in [0, 0.1) is 5.92 Å². The van der Waals surface area contributed by atoms with Gasteiger partial charge in [0.2, 0.25) is 5.91 Å². The smallest absolute Gasteiger partial charge is 0.223 e. The maximum Gasteiger partial charge on any atom is 0.223 e. The Morgan fingerprint density at radius 1 is 1.00 bits per heavy atom. The Kier molecular flexibility index (Phi) is 8.75. The number of hydrogen-bond acceptors (Lipinski definition) is 5. The molecule has 0 bridgehead atoms. The minimum absolute atomic E-state index is 0.0862. The zero-order chi connectivity index (χ0) is 23.9. The molecule has 2 aliphatic rings. The van der Waals surface area contributed by atoms with Gasteiger partial charge in [-0.2, -0.15) is 0 Å². The van der Waals surface area contributed by atoms with Crippen LogP contribution in [0.2, 0.25) is 0 Å². The first-order chi connectivity index (χ1) is 16.5. The van der Waals surface area contributed by atoms with Crippen molar-refractivity contribution >= 4 is 27.6 Å². The lowest BCUT2D eigenvalue weighted by molar-refractivity contribution is -0.130. The number of ketones is 1. The highest BCUT2D eigenvalue weighted by atomic mass is 79.9. The highest BCUT2D eigenvalue weighted by Gasteiger charge is 2.43. The number of amides is 1. The maximum atomic E-state index is 12.8. The van der Waals surface area contributed by atoms with Gasteiger partial charge in [-0.25, -0.2) is 0 Å². The van der Waals surface area contributed by atoms with Crippen molar-refractivity contribution < 1.29 is 14.3 Å². The minimum atomic E-state index is 0.0862. The van der Waals surface area contributed by atoms with Crippen LogP contribution in [-0.2, 0) is 4.79 Å². The molecule has 7 heteroatoms. The van der Waals surface area contributed by atoms with E-state index in [1.807, 2.05) is 41.3 Å². The largest absolute Gasteiger partial charge is 0.494 e. The Hall–Kier alpha value is -2.22. The second-order valence-electron chi connectivity index (χ2n) is 9.21. The zero-order valence-electron chi connectivity index (χ0n) is 19.6. The van der Waals surface area contributed by atoms with Gasteiger partial charge in [-0.05, 0) is 73.7 Å². The Labute approximate surface area is 210 Å². The van der Waals surface area contributed by atoms with E-state index in [0.717, 1.165) is 67.8 Å². The van der Waals surface area contributed by atoms with Crippen LogP contribution in [-0.4, -0.2) is 67.4 Å². The van der Waals surface area contributed by atoms with Gasteiger partial charge in [0.1, 0.15) is 5.75 Å². The third-order valence-corrected chi connectivity index (χ3v) is 7.28. The van der Waals surface area contributed by atoms with Gasteiger partial charge in [-0.3, -0.25) is 9.59 Å². The SMILES string of the molecule is NCCC(=O)N1CCCN(CCCOc2ccc(C(=O)[C@@H]3C[C@H]3c3ccc(Br)cc3)cc2)CC1. The molecule has 2 aromatic rings. The minimum Gasteiger partial charge on any atom is -0.494 e. The first-order valence-corrected chi connectivity index (χ1v) is 13.1. The average molecular weight is 528 g/mol. The Morgan fingerprint density at radius 3 is 2.50 bits per heavy atom. The van der Waals surface area contributed by atoms with E-state index >= 15 is 0 Å². The second-order valence-corrected chi connectivity index (χ2v) is 10.1. The van der Waals surface area contributed by atoms with Crippen molar-refractivity contribution in [3.8, 4) is 5.75 Å².